The molecule has 0 atom stereocenters. The summed E-state index contributed by atoms with van der Waals surface area (Å²) in [5, 5.41) is 18.8. The number of hydrogen-bond donors (Lipinski definition) is 0. The highest BCUT2D eigenvalue weighted by molar-refractivity contribution is 8.01. The van der Waals surface area contributed by atoms with Gasteiger partial charge in [0.2, 0.25) is 0 Å². The third-order valence-corrected chi connectivity index (χ3v) is 12.2. The molecule has 11 heteroatoms. The Morgan fingerprint density at radius 1 is 0.696 bits per heavy atom. The zero-order valence-electron chi connectivity index (χ0n) is 26.2. The molecule has 0 amide bonds. The fraction of sp³-hybridized carbons (Fsp3) is 0.286. The lowest BCUT2D eigenvalue weighted by atomic mass is 9.80. The number of halogens is 1. The summed E-state index contributed by atoms with van der Waals surface area (Å²) in [7, 11) is -7.12. The van der Waals surface area contributed by atoms with Gasteiger partial charge in [0.05, 0.1) is 0 Å². The first-order chi connectivity index (χ1) is 21.6. The number of ether oxygens (including phenoxy) is 2. The predicted octanol–water partition coefficient (Wildman–Crippen LogP) is 1.72. The van der Waals surface area contributed by atoms with E-state index in [1.807, 2.05) is 39.8 Å². The second-order valence-corrected chi connectivity index (χ2v) is 16.5. The van der Waals surface area contributed by atoms with Crippen molar-refractivity contribution in [3.8, 4) is 0 Å². The van der Waals surface area contributed by atoms with Gasteiger partial charge in [0.1, 0.15) is 41.2 Å². The number of hydrogen-bond acceptors (Lipinski definition) is 9. The van der Waals surface area contributed by atoms with Crippen LogP contribution in [0.25, 0.3) is 0 Å². The average molecular weight is 667 g/mol. The Balaban J connectivity index is 0.000000892. The van der Waals surface area contributed by atoms with Gasteiger partial charge in [0.15, 0.2) is 0 Å². The molecule has 1 saturated heterocycles. The van der Waals surface area contributed by atoms with Gasteiger partial charge in [0.25, 0.3) is 0 Å². The smallest absolute Gasteiger partial charge is 0.508 e. The van der Waals surface area contributed by atoms with E-state index in [0.717, 1.165) is 10.6 Å². The summed E-state index contributed by atoms with van der Waals surface area (Å²) in [6.45, 7) is 7.64. The van der Waals surface area contributed by atoms with Gasteiger partial charge >= 0.3 is 6.16 Å². The summed E-state index contributed by atoms with van der Waals surface area (Å²) in [6.07, 6.45) is -0.139. The summed E-state index contributed by atoms with van der Waals surface area (Å²) in [4.78, 5) is 12.6. The molecule has 4 aromatic rings. The maximum Gasteiger partial charge on any atom is 0.508 e. The van der Waals surface area contributed by atoms with Gasteiger partial charge in [-0.15, -0.1) is 10.2 Å². The molecule has 9 nitrogen and oxygen atoms in total. The molecule has 0 radical (unpaired) electrons. The van der Waals surface area contributed by atoms with Crippen LogP contribution in [0.1, 0.15) is 46.1 Å². The number of carbonyl (C=O) groups excluding carboxylic acids is 1. The van der Waals surface area contributed by atoms with Crippen LogP contribution >= 0.6 is 7.26 Å². The van der Waals surface area contributed by atoms with Crippen molar-refractivity contribution >= 4 is 34.6 Å². The van der Waals surface area contributed by atoms with Crippen LogP contribution in [0.15, 0.2) is 115 Å². The van der Waals surface area contributed by atoms with Gasteiger partial charge in [-0.2, -0.15) is 0 Å². The van der Waals surface area contributed by atoms with E-state index in [-0.39, 0.29) is 12.7 Å². The number of piperidine rings is 1. The predicted molar refractivity (Wildman–Crippen MR) is 169 cm³/mol. The molecule has 0 spiro atoms. The summed E-state index contributed by atoms with van der Waals surface area (Å²) < 4.78 is 45.2. The molecule has 1 heterocycles. The summed E-state index contributed by atoms with van der Waals surface area (Å²) >= 11 is 0. The van der Waals surface area contributed by atoms with E-state index in [9.17, 15) is 10.0 Å². The first-order valence-corrected chi connectivity index (χ1v) is 17.7. The topological polar surface area (TPSA) is 154 Å². The summed E-state index contributed by atoms with van der Waals surface area (Å²) in [5.41, 5.74) is -0.351. The van der Waals surface area contributed by atoms with Crippen molar-refractivity contribution in [1.82, 2.24) is 5.06 Å². The van der Waals surface area contributed by atoms with Crippen LogP contribution < -0.4 is 39.9 Å². The van der Waals surface area contributed by atoms with Crippen LogP contribution in [-0.2, 0) is 16.1 Å². The molecule has 0 N–H and O–H groups in total. The molecule has 0 aromatic heterocycles. The summed E-state index contributed by atoms with van der Waals surface area (Å²) in [5.74, 6) is 0. The van der Waals surface area contributed by atoms with Gasteiger partial charge in [0, 0.05) is 23.9 Å². The molecule has 0 saturated carbocycles. The maximum atomic E-state index is 12.6. The lowest BCUT2D eigenvalue weighted by molar-refractivity contribution is -2.00. The minimum atomic E-state index is -4.94. The number of hydroxylamine groups is 2. The molecular formula is C35H38ClNO8P-. The van der Waals surface area contributed by atoms with E-state index in [1.54, 1.807) is 0 Å². The monoisotopic (exact) mass is 666 g/mol. The average Bonchev–Trinajstić information content (AvgIpc) is 3.00. The molecular weight excluding hydrogens is 629 g/mol. The van der Waals surface area contributed by atoms with Crippen LogP contribution in [-0.4, -0.2) is 28.4 Å². The maximum absolute atomic E-state index is 12.6. The lowest BCUT2D eigenvalue weighted by Crippen LogP contribution is -2.68. The largest absolute Gasteiger partial charge is 0.784 e. The number of rotatable bonds is 7. The molecule has 1 fully saturated rings. The van der Waals surface area contributed by atoms with Gasteiger partial charge in [-0.3, -0.25) is 0 Å². The van der Waals surface area contributed by atoms with Crippen molar-refractivity contribution in [3.63, 3.8) is 0 Å². The second kappa shape index (κ2) is 14.6. The van der Waals surface area contributed by atoms with Crippen molar-refractivity contribution in [1.29, 1.82) is 0 Å². The molecule has 0 unspecified atom stereocenters. The van der Waals surface area contributed by atoms with Gasteiger partial charge in [-0.25, -0.2) is 23.4 Å². The third kappa shape index (κ3) is 8.70. The van der Waals surface area contributed by atoms with E-state index in [2.05, 4.69) is 103 Å². The highest BCUT2D eigenvalue weighted by Gasteiger charge is 2.47. The molecule has 1 aliphatic heterocycles. The third-order valence-electron chi connectivity index (χ3n) is 7.93. The van der Waals surface area contributed by atoms with Crippen LogP contribution in [0, 0.1) is 15.5 Å². The van der Waals surface area contributed by atoms with E-state index in [4.69, 9.17) is 28.1 Å². The molecule has 46 heavy (non-hydrogen) atoms. The highest BCUT2D eigenvalue weighted by atomic mass is 35.7. The van der Waals surface area contributed by atoms with Crippen molar-refractivity contribution < 1.29 is 43.1 Å². The van der Waals surface area contributed by atoms with Gasteiger partial charge < -0.3 is 19.7 Å². The second-order valence-electron chi connectivity index (χ2n) is 12.3. The number of nitrogens with zero attached hydrogens (tertiary/aromatic N) is 1. The Bertz CT molecular complexity index is 1430. The molecule has 0 bridgehead atoms. The van der Waals surface area contributed by atoms with Crippen molar-refractivity contribution in [2.75, 3.05) is 0 Å². The number of benzene rings is 4. The standard InChI is InChI=1S/C35H38NO4P.ClHO4/c1-34(2)24-28(25-35(3,4)36(34)38)40-33(37)39-26-27-20-22-32(23-21-27)41(29-14-8-5-9-15-29,30-16-10-6-11-17-30)31-18-12-7-13-19-31;2-1(3,4)5/h5-23,28H,24-26H2,1-4H3;(H,2,3,4,5)/p-1. The van der Waals surface area contributed by atoms with E-state index in [1.165, 1.54) is 21.2 Å². The minimum absolute atomic E-state index is 0.111. The first kappa shape index (κ1) is 35.5. The first-order valence-electron chi connectivity index (χ1n) is 14.7. The Kier molecular flexibility index (Phi) is 11.3. The number of carbonyl (C=O) groups is 1. The quantitative estimate of drug-likeness (QED) is 0.212. The van der Waals surface area contributed by atoms with Crippen LogP contribution in [0.3, 0.4) is 0 Å². The van der Waals surface area contributed by atoms with Crippen LogP contribution in [0.2, 0.25) is 0 Å². The Morgan fingerprint density at radius 3 is 1.41 bits per heavy atom. The van der Waals surface area contributed by atoms with E-state index < -0.39 is 34.7 Å². The highest BCUT2D eigenvalue weighted by Crippen LogP contribution is 2.54. The zero-order chi connectivity index (χ0) is 33.6. The SMILES string of the molecule is CC1(C)CC(OC(=O)OCc2ccc([P+](c3ccccc3)(c3ccccc3)c3ccccc3)cc2)CC(C)(C)N1[O-].[O-][Cl+3]([O-])([O-])[O-]. The normalized spacial score (nSPS) is 16.5. The zero-order valence-corrected chi connectivity index (χ0v) is 27.9. The van der Waals surface area contributed by atoms with Crippen molar-refractivity contribution in [2.45, 2.75) is 64.3 Å². The van der Waals surface area contributed by atoms with Crippen molar-refractivity contribution in [3.05, 3.63) is 126 Å². The van der Waals surface area contributed by atoms with Gasteiger partial charge in [-0.1, -0.05) is 66.7 Å². The molecule has 5 rings (SSSR count). The lowest BCUT2D eigenvalue weighted by Gasteiger charge is -2.59. The molecule has 0 aliphatic carbocycles. The Morgan fingerprint density at radius 2 is 1.04 bits per heavy atom. The fourth-order valence-corrected chi connectivity index (χ4v) is 10.5. The molecule has 1 aliphatic rings. The Labute approximate surface area is 272 Å². The van der Waals surface area contributed by atoms with E-state index >= 15 is 0 Å². The Hall–Kier alpha value is -3.37. The van der Waals surface area contributed by atoms with Gasteiger partial charge in [-0.05, 0) is 81.8 Å². The molecule has 4 aromatic carbocycles. The minimum Gasteiger partial charge on any atom is -0.784 e. The van der Waals surface area contributed by atoms with Crippen molar-refractivity contribution in [2.24, 2.45) is 0 Å². The molecule has 244 valence electrons. The van der Waals surface area contributed by atoms with E-state index in [0.29, 0.717) is 12.8 Å². The van der Waals surface area contributed by atoms with Crippen LogP contribution in [0.5, 0.6) is 0 Å². The summed E-state index contributed by atoms with van der Waals surface area (Å²) in [6, 6.07) is 40.5. The van der Waals surface area contributed by atoms with Crippen LogP contribution in [0.4, 0.5) is 4.79 Å². The fourth-order valence-electron chi connectivity index (χ4n) is 6.23.